The molecule has 0 unspecified atom stereocenters. The van der Waals surface area contributed by atoms with Crippen LogP contribution in [-0.2, 0) is 9.53 Å². The second-order valence-corrected chi connectivity index (χ2v) is 4.18. The zero-order valence-corrected chi connectivity index (χ0v) is 8.48. The van der Waals surface area contributed by atoms with Crippen molar-refractivity contribution < 1.29 is 9.53 Å². The number of ether oxygens (including phenoxy) is 1. The van der Waals surface area contributed by atoms with Gasteiger partial charge in [-0.2, -0.15) is 0 Å². The molecule has 2 rings (SSSR count). The molecule has 0 spiro atoms. The molecule has 0 aromatic rings. The van der Waals surface area contributed by atoms with Crippen LogP contribution in [0.4, 0.5) is 0 Å². The summed E-state index contributed by atoms with van der Waals surface area (Å²) in [4.78, 5) is 10.9. The van der Waals surface area contributed by atoms with E-state index in [1.807, 2.05) is 12.2 Å². The minimum Gasteiger partial charge on any atom is -0.458 e. The summed E-state index contributed by atoms with van der Waals surface area (Å²) in [5.41, 5.74) is 0. The molecule has 4 atom stereocenters. The molecule has 0 aromatic carbocycles. The molecule has 0 bridgehead atoms. The molecule has 2 nitrogen and oxygen atoms in total. The van der Waals surface area contributed by atoms with Crippen LogP contribution in [0.3, 0.4) is 0 Å². The number of hydrogen-bond acceptors (Lipinski definition) is 2. The van der Waals surface area contributed by atoms with Crippen LogP contribution in [-0.4, -0.2) is 12.1 Å². The minimum absolute atomic E-state index is 0.0162. The van der Waals surface area contributed by atoms with Crippen molar-refractivity contribution in [1.82, 2.24) is 0 Å². The van der Waals surface area contributed by atoms with Gasteiger partial charge in [-0.25, -0.2) is 0 Å². The highest BCUT2D eigenvalue weighted by atomic mass is 16.5. The fourth-order valence-corrected chi connectivity index (χ4v) is 2.73. The van der Waals surface area contributed by atoms with E-state index >= 15 is 0 Å². The van der Waals surface area contributed by atoms with Gasteiger partial charge >= 0.3 is 5.97 Å². The van der Waals surface area contributed by atoms with E-state index < -0.39 is 0 Å². The number of carbonyl (C=O) groups excluding carboxylic acids is 1. The normalized spacial score (nSPS) is 39.5. The van der Waals surface area contributed by atoms with Crippen molar-refractivity contribution in [2.75, 3.05) is 0 Å². The first-order valence-corrected chi connectivity index (χ1v) is 5.20. The van der Waals surface area contributed by atoms with Crippen LogP contribution >= 0.6 is 0 Å². The molecule has 2 aliphatic carbocycles. The van der Waals surface area contributed by atoms with Gasteiger partial charge in [-0.05, 0) is 30.8 Å². The average molecular weight is 192 g/mol. The van der Waals surface area contributed by atoms with E-state index in [1.54, 1.807) is 0 Å². The highest BCUT2D eigenvalue weighted by Crippen LogP contribution is 2.45. The summed E-state index contributed by atoms with van der Waals surface area (Å²) < 4.78 is 5.26. The summed E-state index contributed by atoms with van der Waals surface area (Å²) >= 11 is 0. The van der Waals surface area contributed by atoms with Gasteiger partial charge in [-0.1, -0.05) is 12.2 Å². The Labute approximate surface area is 84.6 Å². The van der Waals surface area contributed by atoms with Crippen molar-refractivity contribution in [3.63, 3.8) is 0 Å². The summed E-state index contributed by atoms with van der Waals surface area (Å²) in [5, 5.41) is 0. The zero-order chi connectivity index (χ0) is 10.1. The Morgan fingerprint density at radius 1 is 1.50 bits per heavy atom. The second kappa shape index (κ2) is 3.60. The maximum Gasteiger partial charge on any atom is 0.303 e. The first-order chi connectivity index (χ1) is 6.72. The number of carbonyl (C=O) groups is 1. The molecule has 14 heavy (non-hydrogen) atoms. The molecule has 0 N–H and O–H groups in total. The number of hydrogen-bond donors (Lipinski definition) is 0. The van der Waals surface area contributed by atoms with Crippen molar-refractivity contribution in [2.45, 2.75) is 25.9 Å². The van der Waals surface area contributed by atoms with E-state index in [4.69, 9.17) is 4.74 Å². The molecule has 1 fully saturated rings. The molecule has 2 heteroatoms. The molecule has 0 heterocycles. The van der Waals surface area contributed by atoms with Gasteiger partial charge < -0.3 is 4.74 Å². The lowest BCUT2D eigenvalue weighted by Gasteiger charge is -2.19. The van der Waals surface area contributed by atoms with E-state index in [-0.39, 0.29) is 12.1 Å². The standard InChI is InChI=1S/C12H16O2/c1-3-9-4-5-11-10(9)6-7-12(11)14-8(2)13/h3,6-7,9-12H,1,4-5H2,2H3/t9-,10-,11+,12+/m0/s1. The Balaban J connectivity index is 2.04. The lowest BCUT2D eigenvalue weighted by Crippen LogP contribution is -2.22. The molecule has 0 amide bonds. The molecule has 0 saturated heterocycles. The first kappa shape index (κ1) is 9.50. The number of fused-ring (bicyclic) bond motifs is 1. The Morgan fingerprint density at radius 2 is 2.29 bits per heavy atom. The number of rotatable bonds is 2. The van der Waals surface area contributed by atoms with Crippen molar-refractivity contribution in [1.29, 1.82) is 0 Å². The molecule has 0 aromatic heterocycles. The van der Waals surface area contributed by atoms with Crippen LogP contribution in [0, 0.1) is 17.8 Å². The number of esters is 1. The Morgan fingerprint density at radius 3 is 2.93 bits per heavy atom. The highest BCUT2D eigenvalue weighted by Gasteiger charge is 2.41. The highest BCUT2D eigenvalue weighted by molar-refractivity contribution is 5.66. The van der Waals surface area contributed by atoms with Crippen molar-refractivity contribution in [3.05, 3.63) is 24.8 Å². The maximum absolute atomic E-state index is 10.9. The molecule has 2 aliphatic rings. The van der Waals surface area contributed by atoms with Crippen LogP contribution in [0.15, 0.2) is 24.8 Å². The third kappa shape index (κ3) is 1.49. The van der Waals surface area contributed by atoms with Gasteiger partial charge in [0.1, 0.15) is 6.10 Å². The van der Waals surface area contributed by atoms with E-state index in [1.165, 1.54) is 13.3 Å². The van der Waals surface area contributed by atoms with Crippen LogP contribution in [0.5, 0.6) is 0 Å². The van der Waals surface area contributed by atoms with Gasteiger partial charge in [0, 0.05) is 12.8 Å². The predicted molar refractivity (Wildman–Crippen MR) is 54.6 cm³/mol. The predicted octanol–water partition coefficient (Wildman–Crippen LogP) is 2.32. The molecule has 0 radical (unpaired) electrons. The molecular formula is C12H16O2. The van der Waals surface area contributed by atoms with Gasteiger partial charge in [-0.15, -0.1) is 6.58 Å². The largest absolute Gasteiger partial charge is 0.458 e. The van der Waals surface area contributed by atoms with Gasteiger partial charge in [-0.3, -0.25) is 4.79 Å². The van der Waals surface area contributed by atoms with E-state index in [0.29, 0.717) is 17.8 Å². The summed E-state index contributed by atoms with van der Waals surface area (Å²) in [5.74, 6) is 1.46. The third-order valence-electron chi connectivity index (χ3n) is 3.37. The topological polar surface area (TPSA) is 26.3 Å². The maximum atomic E-state index is 10.9. The van der Waals surface area contributed by atoms with Gasteiger partial charge in [0.2, 0.25) is 0 Å². The molecule has 1 saturated carbocycles. The summed E-state index contributed by atoms with van der Waals surface area (Å²) in [7, 11) is 0. The fourth-order valence-electron chi connectivity index (χ4n) is 2.73. The van der Waals surface area contributed by atoms with Crippen LogP contribution < -0.4 is 0 Å². The Kier molecular flexibility index (Phi) is 2.44. The van der Waals surface area contributed by atoms with Gasteiger partial charge in [0.05, 0.1) is 0 Å². The molecular weight excluding hydrogens is 176 g/mol. The summed E-state index contributed by atoms with van der Waals surface area (Å²) in [6.45, 7) is 5.32. The van der Waals surface area contributed by atoms with Crippen LogP contribution in [0.1, 0.15) is 19.8 Å². The van der Waals surface area contributed by atoms with E-state index in [0.717, 1.165) is 6.42 Å². The lowest BCUT2D eigenvalue weighted by atomic mass is 9.92. The van der Waals surface area contributed by atoms with Crippen LogP contribution in [0.25, 0.3) is 0 Å². The summed E-state index contributed by atoms with van der Waals surface area (Å²) in [6, 6.07) is 0. The lowest BCUT2D eigenvalue weighted by molar-refractivity contribution is -0.146. The van der Waals surface area contributed by atoms with E-state index in [2.05, 4.69) is 12.7 Å². The Hall–Kier alpha value is -1.05. The van der Waals surface area contributed by atoms with Crippen molar-refractivity contribution in [2.24, 2.45) is 17.8 Å². The fraction of sp³-hybridized carbons (Fsp3) is 0.583. The quantitative estimate of drug-likeness (QED) is 0.495. The smallest absolute Gasteiger partial charge is 0.303 e. The average Bonchev–Trinajstić information content (AvgIpc) is 2.67. The van der Waals surface area contributed by atoms with Crippen molar-refractivity contribution in [3.8, 4) is 0 Å². The first-order valence-electron chi connectivity index (χ1n) is 5.20. The summed E-state index contributed by atoms with van der Waals surface area (Å²) in [6.07, 6.45) is 8.60. The van der Waals surface area contributed by atoms with Crippen molar-refractivity contribution >= 4 is 5.97 Å². The molecule has 76 valence electrons. The second-order valence-electron chi connectivity index (χ2n) is 4.18. The van der Waals surface area contributed by atoms with Gasteiger partial charge in [0.15, 0.2) is 0 Å². The molecule has 0 aliphatic heterocycles. The SMILES string of the molecule is C=C[C@H]1CC[C@@H]2[C@H]1C=C[C@H]2OC(C)=O. The zero-order valence-electron chi connectivity index (χ0n) is 8.48. The monoisotopic (exact) mass is 192 g/mol. The third-order valence-corrected chi connectivity index (χ3v) is 3.37. The number of allylic oxidation sites excluding steroid dienone is 2. The van der Waals surface area contributed by atoms with Crippen LogP contribution in [0.2, 0.25) is 0 Å². The van der Waals surface area contributed by atoms with E-state index in [9.17, 15) is 4.79 Å². The van der Waals surface area contributed by atoms with Gasteiger partial charge in [0.25, 0.3) is 0 Å². The Bertz CT molecular complexity index is 280. The minimum atomic E-state index is -0.178.